The largest absolute Gasteiger partial charge is 0.360 e. The second kappa shape index (κ2) is 7.81. The van der Waals surface area contributed by atoms with Crippen molar-refractivity contribution in [2.75, 3.05) is 6.54 Å². The van der Waals surface area contributed by atoms with Gasteiger partial charge in [-0.1, -0.05) is 35.0 Å². The number of nitrogens with zero attached hydrogens (tertiary/aromatic N) is 3. The van der Waals surface area contributed by atoms with Crippen molar-refractivity contribution in [2.45, 2.75) is 20.3 Å². The average molecular weight is 429 g/mol. The Morgan fingerprint density at radius 1 is 1.31 bits per heavy atom. The molecule has 3 heterocycles. The molecule has 148 valence electrons. The van der Waals surface area contributed by atoms with Gasteiger partial charge in [0.1, 0.15) is 17.0 Å². The summed E-state index contributed by atoms with van der Waals surface area (Å²) in [6.07, 6.45) is 0.488. The number of thiazole rings is 1. The van der Waals surface area contributed by atoms with Crippen molar-refractivity contribution >= 4 is 33.8 Å². The third kappa shape index (κ3) is 3.68. The fraction of sp³-hybridized carbons (Fsp3) is 0.200. The molecule has 0 aliphatic heterocycles. The molecule has 4 aromatic rings. The fourth-order valence-corrected chi connectivity index (χ4v) is 4.33. The maximum atomic E-state index is 12.8. The summed E-state index contributed by atoms with van der Waals surface area (Å²) in [6.45, 7) is 3.82. The number of hydrogen-bond acceptors (Lipinski definition) is 6. The van der Waals surface area contributed by atoms with Gasteiger partial charge in [-0.25, -0.2) is 4.98 Å². The van der Waals surface area contributed by atoms with E-state index in [1.807, 2.05) is 17.5 Å². The number of hydrogen-bond donors (Lipinski definition) is 1. The van der Waals surface area contributed by atoms with Gasteiger partial charge in [0.15, 0.2) is 4.96 Å². The summed E-state index contributed by atoms with van der Waals surface area (Å²) in [7, 11) is 0. The Kier molecular flexibility index (Phi) is 5.21. The number of aryl methyl sites for hydroxylation is 2. The van der Waals surface area contributed by atoms with Gasteiger partial charge in [0.25, 0.3) is 11.5 Å². The molecule has 0 unspecified atom stereocenters. The number of carbonyl (C=O) groups is 1. The number of rotatable bonds is 5. The van der Waals surface area contributed by atoms with Crippen LogP contribution in [-0.2, 0) is 6.42 Å². The van der Waals surface area contributed by atoms with E-state index in [9.17, 15) is 9.59 Å². The summed E-state index contributed by atoms with van der Waals surface area (Å²) in [6, 6.07) is 8.65. The van der Waals surface area contributed by atoms with E-state index < -0.39 is 0 Å². The highest BCUT2D eigenvalue weighted by Gasteiger charge is 2.22. The van der Waals surface area contributed by atoms with E-state index >= 15 is 0 Å². The first-order chi connectivity index (χ1) is 14.0. The predicted octanol–water partition coefficient (Wildman–Crippen LogP) is 3.65. The summed E-state index contributed by atoms with van der Waals surface area (Å²) in [5.41, 5.74) is 2.76. The van der Waals surface area contributed by atoms with Gasteiger partial charge in [0.05, 0.1) is 5.02 Å². The molecule has 0 aliphatic rings. The average Bonchev–Trinajstić information content (AvgIpc) is 3.25. The van der Waals surface area contributed by atoms with Gasteiger partial charge in [0.2, 0.25) is 0 Å². The number of amides is 1. The topological polar surface area (TPSA) is 89.5 Å². The lowest BCUT2D eigenvalue weighted by molar-refractivity contribution is 0.0953. The van der Waals surface area contributed by atoms with Crippen LogP contribution in [0.1, 0.15) is 27.5 Å². The second-order valence-electron chi connectivity index (χ2n) is 6.53. The number of halogens is 1. The number of nitrogens with one attached hydrogen (secondary N) is 1. The first-order valence-electron chi connectivity index (χ1n) is 8.92. The standard InChI is InChI=1S/C20H17ClN4O3S/c1-11-9-16(26)25-13(10-29-20(25)23-11)7-8-22-19(27)17-12(2)28-24-18(17)14-5-3-4-6-15(14)21/h3-6,9-10H,7-8H2,1-2H3,(H,22,27). The molecule has 0 aliphatic carbocycles. The van der Waals surface area contributed by atoms with Crippen molar-refractivity contribution in [1.82, 2.24) is 19.9 Å². The molecule has 0 radical (unpaired) electrons. The minimum Gasteiger partial charge on any atom is -0.360 e. The summed E-state index contributed by atoms with van der Waals surface area (Å²) in [5.74, 6) is 0.105. The normalized spacial score (nSPS) is 11.1. The SMILES string of the molecule is Cc1cc(=O)n2c(CCNC(=O)c3c(-c4ccccc4Cl)noc3C)csc2n1. The highest BCUT2D eigenvalue weighted by Crippen LogP contribution is 2.30. The maximum absolute atomic E-state index is 12.8. The monoisotopic (exact) mass is 428 g/mol. The molecule has 0 saturated heterocycles. The minimum atomic E-state index is -0.306. The highest BCUT2D eigenvalue weighted by molar-refractivity contribution is 7.15. The summed E-state index contributed by atoms with van der Waals surface area (Å²) in [4.78, 5) is 30.1. The van der Waals surface area contributed by atoms with Crippen molar-refractivity contribution in [3.05, 3.63) is 73.8 Å². The first kappa shape index (κ1) is 19.4. The van der Waals surface area contributed by atoms with Gasteiger partial charge in [-0.15, -0.1) is 11.3 Å². The lowest BCUT2D eigenvalue weighted by atomic mass is 10.1. The Balaban J connectivity index is 1.53. The van der Waals surface area contributed by atoms with Crippen LogP contribution < -0.4 is 10.9 Å². The zero-order chi connectivity index (χ0) is 20.5. The Labute approximate surface area is 175 Å². The molecule has 0 fully saturated rings. The van der Waals surface area contributed by atoms with Crippen molar-refractivity contribution in [3.8, 4) is 11.3 Å². The molecule has 0 spiro atoms. The number of benzene rings is 1. The molecule has 9 heteroatoms. The van der Waals surface area contributed by atoms with E-state index in [1.165, 1.54) is 17.4 Å². The van der Waals surface area contributed by atoms with E-state index in [-0.39, 0.29) is 11.5 Å². The maximum Gasteiger partial charge on any atom is 0.258 e. The van der Waals surface area contributed by atoms with Crippen molar-refractivity contribution in [1.29, 1.82) is 0 Å². The Morgan fingerprint density at radius 3 is 2.90 bits per heavy atom. The number of fused-ring (bicyclic) bond motifs is 1. The fourth-order valence-electron chi connectivity index (χ4n) is 3.13. The lowest BCUT2D eigenvalue weighted by Crippen LogP contribution is -2.27. The van der Waals surface area contributed by atoms with Gasteiger partial charge >= 0.3 is 0 Å². The Hall–Kier alpha value is -2.97. The van der Waals surface area contributed by atoms with Gasteiger partial charge in [-0.3, -0.25) is 14.0 Å². The van der Waals surface area contributed by atoms with Crippen LogP contribution >= 0.6 is 22.9 Å². The van der Waals surface area contributed by atoms with E-state index in [1.54, 1.807) is 30.4 Å². The van der Waals surface area contributed by atoms with E-state index in [0.717, 1.165) is 5.69 Å². The van der Waals surface area contributed by atoms with E-state index in [2.05, 4.69) is 15.5 Å². The zero-order valence-electron chi connectivity index (χ0n) is 15.7. The van der Waals surface area contributed by atoms with Crippen LogP contribution in [0.15, 0.2) is 45.0 Å². The van der Waals surface area contributed by atoms with Crippen LogP contribution in [0.3, 0.4) is 0 Å². The number of carbonyl (C=O) groups excluding carboxylic acids is 1. The zero-order valence-corrected chi connectivity index (χ0v) is 17.3. The van der Waals surface area contributed by atoms with Crippen molar-refractivity contribution < 1.29 is 9.32 Å². The van der Waals surface area contributed by atoms with Crippen LogP contribution in [0.5, 0.6) is 0 Å². The van der Waals surface area contributed by atoms with Gasteiger partial charge < -0.3 is 9.84 Å². The van der Waals surface area contributed by atoms with Crippen LogP contribution in [0, 0.1) is 13.8 Å². The molecule has 4 rings (SSSR count). The number of aromatic nitrogens is 3. The van der Waals surface area contributed by atoms with E-state index in [4.69, 9.17) is 16.1 Å². The third-order valence-corrected chi connectivity index (χ3v) is 5.69. The van der Waals surface area contributed by atoms with Crippen LogP contribution in [0.2, 0.25) is 5.02 Å². The molecule has 3 aromatic heterocycles. The first-order valence-corrected chi connectivity index (χ1v) is 10.2. The van der Waals surface area contributed by atoms with Crippen LogP contribution in [0.4, 0.5) is 0 Å². The summed E-state index contributed by atoms with van der Waals surface area (Å²) in [5, 5.41) is 9.26. The quantitative estimate of drug-likeness (QED) is 0.524. The van der Waals surface area contributed by atoms with Gasteiger partial charge in [0, 0.05) is 41.4 Å². The summed E-state index contributed by atoms with van der Waals surface area (Å²) >= 11 is 7.65. The molecule has 1 amide bonds. The molecular weight excluding hydrogens is 412 g/mol. The minimum absolute atomic E-state index is 0.119. The predicted molar refractivity (Wildman–Crippen MR) is 112 cm³/mol. The van der Waals surface area contributed by atoms with Crippen molar-refractivity contribution in [3.63, 3.8) is 0 Å². The smallest absolute Gasteiger partial charge is 0.258 e. The van der Waals surface area contributed by atoms with Crippen LogP contribution in [-0.4, -0.2) is 27.0 Å². The molecular formula is C20H17ClN4O3S. The second-order valence-corrected chi connectivity index (χ2v) is 7.77. The summed E-state index contributed by atoms with van der Waals surface area (Å²) < 4.78 is 6.81. The third-order valence-electron chi connectivity index (χ3n) is 4.49. The molecule has 0 saturated carbocycles. The van der Waals surface area contributed by atoms with Gasteiger partial charge in [-0.2, -0.15) is 0 Å². The molecule has 7 nitrogen and oxygen atoms in total. The molecule has 0 bridgehead atoms. The Bertz CT molecular complexity index is 1270. The van der Waals surface area contributed by atoms with Gasteiger partial charge in [-0.05, 0) is 19.9 Å². The highest BCUT2D eigenvalue weighted by atomic mass is 35.5. The van der Waals surface area contributed by atoms with E-state index in [0.29, 0.717) is 51.2 Å². The van der Waals surface area contributed by atoms with Crippen LogP contribution in [0.25, 0.3) is 16.2 Å². The molecule has 1 N–H and O–H groups in total. The molecule has 1 aromatic carbocycles. The molecule has 29 heavy (non-hydrogen) atoms. The lowest BCUT2D eigenvalue weighted by Gasteiger charge is -2.07. The van der Waals surface area contributed by atoms with Crippen molar-refractivity contribution in [2.24, 2.45) is 0 Å². The Morgan fingerprint density at radius 2 is 2.10 bits per heavy atom. The molecule has 0 atom stereocenters.